The molecule has 0 aromatic carbocycles. The van der Waals surface area contributed by atoms with Gasteiger partial charge in [0.2, 0.25) is 0 Å². The van der Waals surface area contributed by atoms with Gasteiger partial charge in [-0.05, 0) is 15.9 Å². The van der Waals surface area contributed by atoms with Crippen molar-refractivity contribution in [3.63, 3.8) is 0 Å². The molecule has 2 aromatic heterocycles. The summed E-state index contributed by atoms with van der Waals surface area (Å²) in [6.45, 7) is 0.207. The van der Waals surface area contributed by atoms with Crippen LogP contribution >= 0.6 is 27.5 Å². The molecule has 8 heteroatoms. The Hall–Kier alpha value is -1.47. The summed E-state index contributed by atoms with van der Waals surface area (Å²) in [6, 6.07) is 0. The Balaban J connectivity index is 2.36. The molecule has 0 aliphatic carbocycles. The Morgan fingerprint density at radius 1 is 1.35 bits per heavy atom. The minimum atomic E-state index is -0.505. The number of rotatable bonds is 2. The Labute approximate surface area is 108 Å². The molecule has 0 spiro atoms. The molecule has 17 heavy (non-hydrogen) atoms. The highest BCUT2D eigenvalue weighted by atomic mass is 79.9. The smallest absolute Gasteiger partial charge is 0.293 e. The quantitative estimate of drug-likeness (QED) is 0.888. The molecule has 6 nitrogen and oxygen atoms in total. The lowest BCUT2D eigenvalue weighted by molar-refractivity contribution is 0.698. The van der Waals surface area contributed by atoms with E-state index in [1.807, 2.05) is 0 Å². The first-order chi connectivity index (χ1) is 8.06. The fourth-order valence-electron chi connectivity index (χ4n) is 1.20. The molecule has 0 atom stereocenters. The fraction of sp³-hybridized carbons (Fsp3) is 0.111. The van der Waals surface area contributed by atoms with Gasteiger partial charge in [0.15, 0.2) is 0 Å². The van der Waals surface area contributed by atoms with E-state index in [1.54, 1.807) is 0 Å². The van der Waals surface area contributed by atoms with E-state index >= 15 is 0 Å². The van der Waals surface area contributed by atoms with Crippen molar-refractivity contribution in [2.75, 3.05) is 0 Å². The molecule has 2 heterocycles. The third-order valence-electron chi connectivity index (χ3n) is 1.97. The standard InChI is InChI=1S/C9H6BrClN4O2/c10-6-4-15(9(17)14-8(6)16)3-5-1-13-7(11)2-12-5/h1-2,4H,3H2,(H,14,16,17). The highest BCUT2D eigenvalue weighted by Gasteiger charge is 2.03. The monoisotopic (exact) mass is 316 g/mol. The van der Waals surface area contributed by atoms with Gasteiger partial charge in [-0.1, -0.05) is 11.6 Å². The molecule has 88 valence electrons. The molecule has 1 N–H and O–H groups in total. The van der Waals surface area contributed by atoms with Crippen molar-refractivity contribution in [1.29, 1.82) is 0 Å². The number of hydrogen-bond acceptors (Lipinski definition) is 4. The lowest BCUT2D eigenvalue weighted by Crippen LogP contribution is -2.30. The maximum Gasteiger partial charge on any atom is 0.328 e. The first-order valence-electron chi connectivity index (χ1n) is 4.52. The summed E-state index contributed by atoms with van der Waals surface area (Å²) in [7, 11) is 0. The van der Waals surface area contributed by atoms with Crippen LogP contribution in [-0.4, -0.2) is 19.5 Å². The molecular weight excluding hydrogens is 311 g/mol. The molecule has 0 bridgehead atoms. The van der Waals surface area contributed by atoms with Crippen molar-refractivity contribution >= 4 is 27.5 Å². The van der Waals surface area contributed by atoms with Crippen LogP contribution in [0.2, 0.25) is 5.15 Å². The highest BCUT2D eigenvalue weighted by molar-refractivity contribution is 9.10. The SMILES string of the molecule is O=c1[nH]c(=O)n(Cc2cnc(Cl)cn2)cc1Br. The minimum absolute atomic E-state index is 0.207. The van der Waals surface area contributed by atoms with Crippen LogP contribution in [0.1, 0.15) is 5.69 Å². The number of aromatic amines is 1. The number of halogens is 2. The molecule has 2 aromatic rings. The van der Waals surface area contributed by atoms with Gasteiger partial charge in [-0.15, -0.1) is 0 Å². The number of nitrogens with zero attached hydrogens (tertiary/aromatic N) is 3. The average molecular weight is 318 g/mol. The molecule has 0 saturated heterocycles. The van der Waals surface area contributed by atoms with Crippen molar-refractivity contribution < 1.29 is 0 Å². The number of aromatic nitrogens is 4. The van der Waals surface area contributed by atoms with Gasteiger partial charge in [0.1, 0.15) is 5.15 Å². The fourth-order valence-corrected chi connectivity index (χ4v) is 1.64. The van der Waals surface area contributed by atoms with Crippen molar-refractivity contribution in [1.82, 2.24) is 19.5 Å². The molecule has 0 aliphatic heterocycles. The second-order valence-corrected chi connectivity index (χ2v) is 4.44. The van der Waals surface area contributed by atoms with Crippen LogP contribution < -0.4 is 11.2 Å². The lowest BCUT2D eigenvalue weighted by atomic mass is 10.4. The van der Waals surface area contributed by atoms with Gasteiger partial charge in [-0.2, -0.15) is 0 Å². The zero-order valence-corrected chi connectivity index (χ0v) is 10.7. The summed E-state index contributed by atoms with van der Waals surface area (Å²) in [5.41, 5.74) is -0.404. The van der Waals surface area contributed by atoms with E-state index in [9.17, 15) is 9.59 Å². The molecule has 0 amide bonds. The van der Waals surface area contributed by atoms with Crippen molar-refractivity contribution in [3.8, 4) is 0 Å². The van der Waals surface area contributed by atoms with Crippen LogP contribution in [0.25, 0.3) is 0 Å². The van der Waals surface area contributed by atoms with Gasteiger partial charge < -0.3 is 0 Å². The molecule has 0 aliphatic rings. The van der Waals surface area contributed by atoms with Gasteiger partial charge in [-0.3, -0.25) is 19.3 Å². The summed E-state index contributed by atoms with van der Waals surface area (Å²) in [5.74, 6) is 0. The van der Waals surface area contributed by atoms with Gasteiger partial charge in [0.05, 0.1) is 29.1 Å². The van der Waals surface area contributed by atoms with Gasteiger partial charge in [-0.25, -0.2) is 9.78 Å². The molecule has 0 fully saturated rings. The first-order valence-corrected chi connectivity index (χ1v) is 5.69. The third-order valence-corrected chi connectivity index (χ3v) is 2.73. The van der Waals surface area contributed by atoms with Crippen LogP contribution in [0.5, 0.6) is 0 Å². The minimum Gasteiger partial charge on any atom is -0.293 e. The van der Waals surface area contributed by atoms with E-state index in [1.165, 1.54) is 23.2 Å². The normalized spacial score (nSPS) is 10.5. The zero-order valence-electron chi connectivity index (χ0n) is 8.35. The third kappa shape index (κ3) is 2.80. The summed E-state index contributed by atoms with van der Waals surface area (Å²) >= 11 is 8.64. The van der Waals surface area contributed by atoms with Gasteiger partial charge in [0.25, 0.3) is 5.56 Å². The van der Waals surface area contributed by atoms with Crippen molar-refractivity contribution in [2.24, 2.45) is 0 Å². The van der Waals surface area contributed by atoms with Crippen LogP contribution in [-0.2, 0) is 6.54 Å². The molecule has 0 radical (unpaired) electrons. The van der Waals surface area contributed by atoms with E-state index in [0.29, 0.717) is 5.69 Å². The van der Waals surface area contributed by atoms with Crippen LogP contribution in [0.15, 0.2) is 32.7 Å². The van der Waals surface area contributed by atoms with E-state index in [-0.39, 0.29) is 16.2 Å². The van der Waals surface area contributed by atoms with E-state index < -0.39 is 11.2 Å². The second-order valence-electron chi connectivity index (χ2n) is 3.19. The molecular formula is C9H6BrClN4O2. The highest BCUT2D eigenvalue weighted by Crippen LogP contribution is 2.03. The van der Waals surface area contributed by atoms with Crippen LogP contribution in [0.4, 0.5) is 0 Å². The van der Waals surface area contributed by atoms with E-state index in [2.05, 4.69) is 30.9 Å². The van der Waals surface area contributed by atoms with E-state index in [4.69, 9.17) is 11.6 Å². The Morgan fingerprint density at radius 2 is 2.12 bits per heavy atom. The molecule has 0 unspecified atom stereocenters. The predicted molar refractivity (Wildman–Crippen MR) is 65.2 cm³/mol. The topological polar surface area (TPSA) is 80.6 Å². The second kappa shape index (κ2) is 4.80. The Bertz CT molecular complexity index is 649. The lowest BCUT2D eigenvalue weighted by Gasteiger charge is -2.04. The maximum atomic E-state index is 11.5. The Kier molecular flexibility index (Phi) is 3.39. The van der Waals surface area contributed by atoms with Crippen LogP contribution in [0, 0.1) is 0 Å². The zero-order chi connectivity index (χ0) is 12.4. The largest absolute Gasteiger partial charge is 0.328 e. The summed E-state index contributed by atoms with van der Waals surface area (Å²) in [4.78, 5) is 32.6. The summed E-state index contributed by atoms with van der Waals surface area (Å²) < 4.78 is 1.59. The maximum absolute atomic E-state index is 11.5. The van der Waals surface area contributed by atoms with E-state index in [0.717, 1.165) is 0 Å². The number of H-pyrrole nitrogens is 1. The average Bonchev–Trinajstić information content (AvgIpc) is 2.29. The Morgan fingerprint density at radius 3 is 2.76 bits per heavy atom. The number of hydrogen-bond donors (Lipinski definition) is 1. The van der Waals surface area contributed by atoms with Crippen LogP contribution in [0.3, 0.4) is 0 Å². The van der Waals surface area contributed by atoms with Gasteiger partial charge in [0, 0.05) is 6.20 Å². The predicted octanol–water partition coefficient (Wildman–Crippen LogP) is 0.791. The summed E-state index contributed by atoms with van der Waals surface area (Å²) in [6.07, 6.45) is 4.26. The molecule has 0 saturated carbocycles. The number of nitrogens with one attached hydrogen (secondary N) is 1. The van der Waals surface area contributed by atoms with Crippen molar-refractivity contribution in [3.05, 3.63) is 54.7 Å². The van der Waals surface area contributed by atoms with Crippen molar-refractivity contribution in [2.45, 2.75) is 6.54 Å². The molecule has 2 rings (SSSR count). The van der Waals surface area contributed by atoms with Gasteiger partial charge >= 0.3 is 5.69 Å². The summed E-state index contributed by atoms with van der Waals surface area (Å²) in [5, 5.41) is 0.281. The first kappa shape index (κ1) is 12.0.